The van der Waals surface area contributed by atoms with E-state index in [0.717, 1.165) is 25.1 Å². The van der Waals surface area contributed by atoms with Crippen LogP contribution < -0.4 is 5.32 Å². The molecule has 2 heterocycles. The molecule has 1 aliphatic rings. The van der Waals surface area contributed by atoms with Gasteiger partial charge in [-0.1, -0.05) is 0 Å². The minimum atomic E-state index is -0.113. The average Bonchev–Trinajstić information content (AvgIpc) is 2.26. The lowest BCUT2D eigenvalue weighted by molar-refractivity contribution is -0.0553. The fourth-order valence-corrected chi connectivity index (χ4v) is 2.23. The highest BCUT2D eigenvalue weighted by atomic mass is 16.5. The Hall–Kier alpha value is -1.67. The Balaban J connectivity index is 2.10. The van der Waals surface area contributed by atoms with Gasteiger partial charge in [-0.2, -0.15) is 5.26 Å². The Morgan fingerprint density at radius 1 is 1.50 bits per heavy atom. The lowest BCUT2D eigenvalue weighted by atomic mass is 9.94. The minimum Gasteiger partial charge on any atom is -0.375 e. The Kier molecular flexibility index (Phi) is 3.48. The molecule has 5 nitrogen and oxygen atoms in total. The molecular weight excluding hydrogens is 228 g/mol. The minimum absolute atomic E-state index is 0.113. The lowest BCUT2D eigenvalue weighted by Gasteiger charge is -2.35. The van der Waals surface area contributed by atoms with Gasteiger partial charge >= 0.3 is 0 Å². The van der Waals surface area contributed by atoms with Crippen molar-refractivity contribution in [3.05, 3.63) is 17.5 Å². The third-order valence-corrected chi connectivity index (χ3v) is 3.00. The fraction of sp³-hybridized carbons (Fsp3) is 0.615. The van der Waals surface area contributed by atoms with Crippen LogP contribution in [0, 0.1) is 18.3 Å². The molecule has 0 aliphatic carbocycles. The van der Waals surface area contributed by atoms with E-state index in [9.17, 15) is 0 Å². The van der Waals surface area contributed by atoms with Crippen LogP contribution in [0.1, 0.15) is 38.1 Å². The molecule has 18 heavy (non-hydrogen) atoms. The van der Waals surface area contributed by atoms with Gasteiger partial charge in [0.05, 0.1) is 5.60 Å². The van der Waals surface area contributed by atoms with Gasteiger partial charge in [0.15, 0.2) is 0 Å². The van der Waals surface area contributed by atoms with Crippen molar-refractivity contribution >= 4 is 5.95 Å². The number of hydrogen-bond donors (Lipinski definition) is 1. The van der Waals surface area contributed by atoms with E-state index in [-0.39, 0.29) is 5.60 Å². The predicted molar refractivity (Wildman–Crippen MR) is 68.2 cm³/mol. The van der Waals surface area contributed by atoms with Crippen LogP contribution >= 0.6 is 0 Å². The summed E-state index contributed by atoms with van der Waals surface area (Å²) in [5.41, 5.74) is 1.09. The van der Waals surface area contributed by atoms with Gasteiger partial charge in [-0.3, -0.25) is 0 Å². The normalized spacial score (nSPS) is 22.2. The van der Waals surface area contributed by atoms with Gasteiger partial charge in [-0.15, -0.1) is 0 Å². The SMILES string of the molecule is Cc1cc(C#N)nc(NC2CCOC(C)(C)C2)n1. The van der Waals surface area contributed by atoms with E-state index in [1.165, 1.54) is 0 Å². The molecule has 1 fully saturated rings. The fourth-order valence-electron chi connectivity index (χ4n) is 2.23. The first-order valence-electron chi connectivity index (χ1n) is 6.15. The number of hydrogen-bond acceptors (Lipinski definition) is 5. The number of rotatable bonds is 2. The molecule has 2 rings (SSSR count). The third-order valence-electron chi connectivity index (χ3n) is 3.00. The summed E-state index contributed by atoms with van der Waals surface area (Å²) in [6.45, 7) is 6.76. The second-order valence-electron chi connectivity index (χ2n) is 5.27. The van der Waals surface area contributed by atoms with Crippen molar-refractivity contribution in [2.24, 2.45) is 0 Å². The zero-order valence-electron chi connectivity index (χ0n) is 11.0. The van der Waals surface area contributed by atoms with Crippen molar-refractivity contribution < 1.29 is 4.74 Å². The molecule has 0 saturated carbocycles. The summed E-state index contributed by atoms with van der Waals surface area (Å²) < 4.78 is 5.67. The highest BCUT2D eigenvalue weighted by Crippen LogP contribution is 2.25. The molecule has 0 aromatic carbocycles. The zero-order valence-corrected chi connectivity index (χ0v) is 11.0. The van der Waals surface area contributed by atoms with Gasteiger partial charge in [0.2, 0.25) is 5.95 Å². The summed E-state index contributed by atoms with van der Waals surface area (Å²) in [5, 5.41) is 12.2. The Morgan fingerprint density at radius 3 is 2.94 bits per heavy atom. The number of aryl methyl sites for hydroxylation is 1. The first kappa shape index (κ1) is 12.8. The highest BCUT2D eigenvalue weighted by Gasteiger charge is 2.29. The van der Waals surface area contributed by atoms with Crippen molar-refractivity contribution in [2.45, 2.75) is 45.3 Å². The predicted octanol–water partition coefficient (Wildman–Crippen LogP) is 2.03. The van der Waals surface area contributed by atoms with Crippen LogP contribution in [0.5, 0.6) is 0 Å². The van der Waals surface area contributed by atoms with Crippen LogP contribution in [0.15, 0.2) is 6.07 Å². The van der Waals surface area contributed by atoms with Crippen molar-refractivity contribution in [1.82, 2.24) is 9.97 Å². The van der Waals surface area contributed by atoms with Crippen LogP contribution in [0.3, 0.4) is 0 Å². The second kappa shape index (κ2) is 4.91. The molecule has 0 radical (unpaired) electrons. The molecule has 1 atom stereocenters. The molecule has 1 saturated heterocycles. The summed E-state index contributed by atoms with van der Waals surface area (Å²) in [4.78, 5) is 8.48. The number of nitriles is 1. The van der Waals surface area contributed by atoms with Crippen molar-refractivity contribution in [3.63, 3.8) is 0 Å². The molecule has 0 spiro atoms. The Bertz CT molecular complexity index is 478. The maximum Gasteiger partial charge on any atom is 0.224 e. The molecule has 0 bridgehead atoms. The summed E-state index contributed by atoms with van der Waals surface area (Å²) in [7, 11) is 0. The first-order chi connectivity index (χ1) is 8.48. The van der Waals surface area contributed by atoms with Crippen LogP contribution in [-0.2, 0) is 4.74 Å². The van der Waals surface area contributed by atoms with Crippen LogP contribution in [0.2, 0.25) is 0 Å². The number of ether oxygens (including phenoxy) is 1. The van der Waals surface area contributed by atoms with Gasteiger partial charge in [-0.05, 0) is 39.7 Å². The summed E-state index contributed by atoms with van der Waals surface area (Å²) in [5.74, 6) is 0.536. The van der Waals surface area contributed by atoms with Crippen molar-refractivity contribution in [1.29, 1.82) is 5.26 Å². The van der Waals surface area contributed by atoms with Gasteiger partial charge in [0.25, 0.3) is 0 Å². The highest BCUT2D eigenvalue weighted by molar-refractivity contribution is 5.34. The van der Waals surface area contributed by atoms with Crippen molar-refractivity contribution in [2.75, 3.05) is 11.9 Å². The molecule has 1 aliphatic heterocycles. The van der Waals surface area contributed by atoms with E-state index in [0.29, 0.717) is 17.7 Å². The Labute approximate surface area is 107 Å². The monoisotopic (exact) mass is 246 g/mol. The number of anilines is 1. The van der Waals surface area contributed by atoms with Gasteiger partial charge in [0, 0.05) is 18.3 Å². The topological polar surface area (TPSA) is 70.8 Å². The van der Waals surface area contributed by atoms with E-state index in [2.05, 4.69) is 29.1 Å². The van der Waals surface area contributed by atoms with Crippen LogP contribution in [0.4, 0.5) is 5.95 Å². The van der Waals surface area contributed by atoms with E-state index in [4.69, 9.17) is 10.00 Å². The van der Waals surface area contributed by atoms with Crippen molar-refractivity contribution in [3.8, 4) is 6.07 Å². The van der Waals surface area contributed by atoms with E-state index in [1.807, 2.05) is 13.0 Å². The third kappa shape index (κ3) is 3.17. The first-order valence-corrected chi connectivity index (χ1v) is 6.15. The lowest BCUT2D eigenvalue weighted by Crippen LogP contribution is -2.40. The van der Waals surface area contributed by atoms with E-state index < -0.39 is 0 Å². The number of nitrogens with one attached hydrogen (secondary N) is 1. The Morgan fingerprint density at radius 2 is 2.28 bits per heavy atom. The summed E-state index contributed by atoms with van der Waals surface area (Å²) in [6, 6.07) is 4.02. The van der Waals surface area contributed by atoms with Crippen LogP contribution in [0.25, 0.3) is 0 Å². The quantitative estimate of drug-likeness (QED) is 0.864. The standard InChI is InChI=1S/C13H18N4O/c1-9-6-11(8-14)17-12(15-9)16-10-4-5-18-13(2,3)7-10/h6,10H,4-5,7H2,1-3H3,(H,15,16,17). The maximum absolute atomic E-state index is 8.89. The molecule has 1 unspecified atom stereocenters. The van der Waals surface area contributed by atoms with Gasteiger partial charge < -0.3 is 10.1 Å². The average molecular weight is 246 g/mol. The molecule has 1 N–H and O–H groups in total. The molecule has 96 valence electrons. The second-order valence-corrected chi connectivity index (χ2v) is 5.27. The molecule has 1 aromatic rings. The smallest absolute Gasteiger partial charge is 0.224 e. The molecule has 5 heteroatoms. The zero-order chi connectivity index (χ0) is 13.2. The summed E-state index contributed by atoms with van der Waals surface area (Å²) in [6.07, 6.45) is 1.84. The van der Waals surface area contributed by atoms with E-state index >= 15 is 0 Å². The molecule has 1 aromatic heterocycles. The van der Waals surface area contributed by atoms with Gasteiger partial charge in [-0.25, -0.2) is 9.97 Å². The van der Waals surface area contributed by atoms with E-state index in [1.54, 1.807) is 6.07 Å². The maximum atomic E-state index is 8.89. The number of nitrogens with zero attached hydrogens (tertiary/aromatic N) is 3. The molecular formula is C13H18N4O. The largest absolute Gasteiger partial charge is 0.375 e. The number of aromatic nitrogens is 2. The molecule has 0 amide bonds. The van der Waals surface area contributed by atoms with Gasteiger partial charge in [0.1, 0.15) is 11.8 Å². The summed E-state index contributed by atoms with van der Waals surface area (Å²) >= 11 is 0. The van der Waals surface area contributed by atoms with Crippen LogP contribution in [-0.4, -0.2) is 28.2 Å².